The van der Waals surface area contributed by atoms with Gasteiger partial charge in [0.15, 0.2) is 11.5 Å². The summed E-state index contributed by atoms with van der Waals surface area (Å²) in [6.45, 7) is 4.78. The van der Waals surface area contributed by atoms with Crippen LogP contribution >= 0.6 is 15.9 Å². The normalized spacial score (nSPS) is 18.8. The third-order valence-corrected chi connectivity index (χ3v) is 5.22. The molecular formula is C18H27BrN2O3. The fourth-order valence-corrected chi connectivity index (χ4v) is 3.82. The number of carbonyl (C=O) groups is 1. The Morgan fingerprint density at radius 3 is 2.83 bits per heavy atom. The Balaban J connectivity index is 1.88. The van der Waals surface area contributed by atoms with E-state index in [4.69, 9.17) is 9.47 Å². The fraction of sp³-hybridized carbons (Fsp3) is 0.611. The highest BCUT2D eigenvalue weighted by Gasteiger charge is 2.22. The number of ether oxygens (including phenoxy) is 2. The lowest BCUT2D eigenvalue weighted by Gasteiger charge is -2.28. The highest BCUT2D eigenvalue weighted by molar-refractivity contribution is 9.10. The number of hydrogen-bond acceptors (Lipinski definition) is 4. The maximum atomic E-state index is 12.2. The van der Waals surface area contributed by atoms with Crippen LogP contribution < -0.4 is 20.1 Å². The van der Waals surface area contributed by atoms with Gasteiger partial charge in [0.2, 0.25) is 5.91 Å². The molecule has 0 bridgehead atoms. The minimum absolute atomic E-state index is 0.0963. The molecule has 1 aromatic carbocycles. The molecule has 134 valence electrons. The molecule has 1 aliphatic rings. The third-order valence-electron chi connectivity index (χ3n) is 4.63. The van der Waals surface area contributed by atoms with Crippen molar-refractivity contribution in [3.63, 3.8) is 0 Å². The molecule has 6 heteroatoms. The summed E-state index contributed by atoms with van der Waals surface area (Å²) in [6.07, 6.45) is 2.99. The van der Waals surface area contributed by atoms with E-state index in [0.717, 1.165) is 23.1 Å². The molecule has 1 heterocycles. The van der Waals surface area contributed by atoms with Crippen LogP contribution in [0.25, 0.3) is 0 Å². The zero-order valence-corrected chi connectivity index (χ0v) is 16.2. The van der Waals surface area contributed by atoms with Gasteiger partial charge in [0.25, 0.3) is 0 Å². The maximum Gasteiger partial charge on any atom is 0.220 e. The van der Waals surface area contributed by atoms with Gasteiger partial charge in [0.05, 0.1) is 18.7 Å². The van der Waals surface area contributed by atoms with Crippen molar-refractivity contribution < 1.29 is 14.3 Å². The second-order valence-electron chi connectivity index (χ2n) is 6.38. The number of carbonyl (C=O) groups excluding carboxylic acids is 1. The zero-order chi connectivity index (χ0) is 17.5. The molecule has 0 saturated carbocycles. The molecule has 0 aromatic heterocycles. The monoisotopic (exact) mass is 398 g/mol. The zero-order valence-electron chi connectivity index (χ0n) is 14.7. The lowest BCUT2D eigenvalue weighted by Crippen LogP contribution is -2.35. The van der Waals surface area contributed by atoms with Crippen molar-refractivity contribution in [1.29, 1.82) is 0 Å². The fourth-order valence-electron chi connectivity index (χ4n) is 3.17. The Labute approximate surface area is 152 Å². The quantitative estimate of drug-likeness (QED) is 0.740. The van der Waals surface area contributed by atoms with Gasteiger partial charge in [0, 0.05) is 13.0 Å². The minimum atomic E-state index is 0.0963. The van der Waals surface area contributed by atoms with Crippen molar-refractivity contribution in [3.05, 3.63) is 22.2 Å². The van der Waals surface area contributed by atoms with Crippen LogP contribution in [-0.4, -0.2) is 33.2 Å². The molecule has 0 aliphatic carbocycles. The predicted molar refractivity (Wildman–Crippen MR) is 98.5 cm³/mol. The first-order valence-electron chi connectivity index (χ1n) is 8.43. The van der Waals surface area contributed by atoms with E-state index < -0.39 is 0 Å². The van der Waals surface area contributed by atoms with Gasteiger partial charge in [0.1, 0.15) is 0 Å². The molecule has 2 unspecified atom stereocenters. The SMILES string of the molecule is COc1cc(CNC(=O)CC(C)C2CCCNC2)cc(Br)c1OC. The number of nitrogens with one attached hydrogen (secondary N) is 2. The van der Waals surface area contributed by atoms with E-state index >= 15 is 0 Å². The first kappa shape index (κ1) is 19.1. The van der Waals surface area contributed by atoms with Crippen LogP contribution in [0.1, 0.15) is 31.7 Å². The molecule has 1 aliphatic heterocycles. The van der Waals surface area contributed by atoms with Gasteiger partial charge in [-0.15, -0.1) is 0 Å². The average molecular weight is 399 g/mol. The van der Waals surface area contributed by atoms with Crippen molar-refractivity contribution >= 4 is 21.8 Å². The Hall–Kier alpha value is -1.27. The number of hydrogen-bond donors (Lipinski definition) is 2. The van der Waals surface area contributed by atoms with Gasteiger partial charge < -0.3 is 20.1 Å². The molecule has 2 N–H and O–H groups in total. The molecule has 0 radical (unpaired) electrons. The van der Waals surface area contributed by atoms with E-state index in [-0.39, 0.29) is 5.91 Å². The Bertz CT molecular complexity index is 559. The van der Waals surface area contributed by atoms with Crippen LogP contribution in [-0.2, 0) is 11.3 Å². The number of piperidine rings is 1. The van der Waals surface area contributed by atoms with E-state index in [1.807, 2.05) is 12.1 Å². The lowest BCUT2D eigenvalue weighted by atomic mass is 9.85. The second kappa shape index (κ2) is 9.28. The summed E-state index contributed by atoms with van der Waals surface area (Å²) in [5.41, 5.74) is 0.972. The molecule has 2 atom stereocenters. The number of halogens is 1. The Morgan fingerprint density at radius 2 is 2.21 bits per heavy atom. The van der Waals surface area contributed by atoms with Crippen molar-refractivity contribution in [2.75, 3.05) is 27.3 Å². The predicted octanol–water partition coefficient (Wildman–Crippen LogP) is 3.11. The topological polar surface area (TPSA) is 59.6 Å². The van der Waals surface area contributed by atoms with Crippen LogP contribution in [0.2, 0.25) is 0 Å². The van der Waals surface area contributed by atoms with E-state index in [2.05, 4.69) is 33.5 Å². The molecule has 5 nitrogen and oxygen atoms in total. The molecule has 24 heavy (non-hydrogen) atoms. The summed E-state index contributed by atoms with van der Waals surface area (Å²) in [7, 11) is 3.21. The van der Waals surface area contributed by atoms with Crippen molar-refractivity contribution in [2.24, 2.45) is 11.8 Å². The lowest BCUT2D eigenvalue weighted by molar-refractivity contribution is -0.122. The Kier molecular flexibility index (Phi) is 7.37. The summed E-state index contributed by atoms with van der Waals surface area (Å²) < 4.78 is 11.5. The summed E-state index contributed by atoms with van der Waals surface area (Å²) in [6, 6.07) is 3.83. The first-order valence-corrected chi connectivity index (χ1v) is 9.22. The molecule has 1 fully saturated rings. The van der Waals surface area contributed by atoms with E-state index in [0.29, 0.717) is 36.3 Å². The number of benzene rings is 1. The van der Waals surface area contributed by atoms with E-state index in [1.165, 1.54) is 12.8 Å². The van der Waals surface area contributed by atoms with Crippen LogP contribution in [0.4, 0.5) is 0 Å². The highest BCUT2D eigenvalue weighted by Crippen LogP contribution is 2.36. The van der Waals surface area contributed by atoms with E-state index in [9.17, 15) is 4.79 Å². The summed E-state index contributed by atoms with van der Waals surface area (Å²) >= 11 is 3.47. The molecule has 2 rings (SSSR count). The Morgan fingerprint density at radius 1 is 1.42 bits per heavy atom. The van der Waals surface area contributed by atoms with Gasteiger partial charge in [-0.2, -0.15) is 0 Å². The van der Waals surface area contributed by atoms with Crippen LogP contribution in [0, 0.1) is 11.8 Å². The largest absolute Gasteiger partial charge is 0.493 e. The minimum Gasteiger partial charge on any atom is -0.493 e. The molecule has 0 spiro atoms. The summed E-state index contributed by atoms with van der Waals surface area (Å²) in [4.78, 5) is 12.2. The second-order valence-corrected chi connectivity index (χ2v) is 7.23. The van der Waals surface area contributed by atoms with Crippen LogP contribution in [0.15, 0.2) is 16.6 Å². The van der Waals surface area contributed by atoms with Crippen molar-refractivity contribution in [1.82, 2.24) is 10.6 Å². The van der Waals surface area contributed by atoms with E-state index in [1.54, 1.807) is 14.2 Å². The third kappa shape index (κ3) is 5.11. The first-order chi connectivity index (χ1) is 11.5. The van der Waals surface area contributed by atoms with Gasteiger partial charge in [-0.05, 0) is 71.4 Å². The molecular weight excluding hydrogens is 372 g/mol. The van der Waals surface area contributed by atoms with Crippen molar-refractivity contribution in [2.45, 2.75) is 32.7 Å². The van der Waals surface area contributed by atoms with Crippen molar-refractivity contribution in [3.8, 4) is 11.5 Å². The number of amides is 1. The molecule has 1 aromatic rings. The molecule has 1 amide bonds. The summed E-state index contributed by atoms with van der Waals surface area (Å²) in [5, 5.41) is 6.42. The molecule has 1 saturated heterocycles. The number of rotatable bonds is 7. The number of methoxy groups -OCH3 is 2. The van der Waals surface area contributed by atoms with Gasteiger partial charge in [-0.25, -0.2) is 0 Å². The van der Waals surface area contributed by atoms with Crippen LogP contribution in [0.5, 0.6) is 11.5 Å². The standard InChI is InChI=1S/C18H27BrN2O3/c1-12(14-5-4-6-20-11-14)7-17(22)21-10-13-8-15(19)18(24-3)16(9-13)23-2/h8-9,12,14,20H,4-7,10-11H2,1-3H3,(H,21,22). The van der Waals surface area contributed by atoms with Crippen LogP contribution in [0.3, 0.4) is 0 Å². The maximum absolute atomic E-state index is 12.2. The highest BCUT2D eigenvalue weighted by atomic mass is 79.9. The summed E-state index contributed by atoms with van der Waals surface area (Å²) in [5.74, 6) is 2.40. The smallest absolute Gasteiger partial charge is 0.220 e. The average Bonchev–Trinajstić information content (AvgIpc) is 2.60. The van der Waals surface area contributed by atoms with Gasteiger partial charge >= 0.3 is 0 Å². The van der Waals surface area contributed by atoms with Gasteiger partial charge in [-0.1, -0.05) is 6.92 Å². The van der Waals surface area contributed by atoms with Gasteiger partial charge in [-0.3, -0.25) is 4.79 Å².